The molecule has 1 aliphatic rings. The van der Waals surface area contributed by atoms with Gasteiger partial charge in [-0.25, -0.2) is 0 Å². The van der Waals surface area contributed by atoms with Crippen molar-refractivity contribution in [3.8, 4) is 5.75 Å². The van der Waals surface area contributed by atoms with Crippen molar-refractivity contribution in [2.75, 3.05) is 11.5 Å². The number of thioether (sulfide) groups is 1. The molecule has 0 radical (unpaired) electrons. The normalized spacial score (nSPS) is 16.2. The van der Waals surface area contributed by atoms with Crippen molar-refractivity contribution in [2.45, 2.75) is 6.92 Å². The minimum atomic E-state index is -0.130. The number of carbonyl (C=O) groups is 1. The Kier molecular flexibility index (Phi) is 4.73. The zero-order chi connectivity index (χ0) is 16.2. The first-order chi connectivity index (χ1) is 11.2. The molecule has 2 aromatic rings. The van der Waals surface area contributed by atoms with Crippen LogP contribution in [0.25, 0.3) is 6.08 Å². The van der Waals surface area contributed by atoms with Gasteiger partial charge in [-0.2, -0.15) is 0 Å². The molecule has 0 atom stereocenters. The maximum atomic E-state index is 12.6. The van der Waals surface area contributed by atoms with Crippen LogP contribution in [0.5, 0.6) is 5.75 Å². The number of ether oxygens (including phenoxy) is 1. The predicted molar refractivity (Wildman–Crippen MR) is 97.5 cm³/mol. The monoisotopic (exact) mass is 342 g/mol. The minimum Gasteiger partial charge on any atom is -0.494 e. The zero-order valence-electron chi connectivity index (χ0n) is 12.4. The van der Waals surface area contributed by atoms with Gasteiger partial charge in [-0.3, -0.25) is 14.7 Å². The van der Waals surface area contributed by atoms with Crippen molar-refractivity contribution < 1.29 is 9.53 Å². The fourth-order valence-corrected chi connectivity index (χ4v) is 3.49. The molecule has 0 saturated carbocycles. The first-order valence-corrected chi connectivity index (χ1v) is 8.32. The third-order valence-corrected chi connectivity index (χ3v) is 4.47. The maximum Gasteiger partial charge on any atom is 0.270 e. The van der Waals surface area contributed by atoms with Gasteiger partial charge in [-0.1, -0.05) is 36.1 Å². The number of thiocarbonyl (C=S) groups is 1. The van der Waals surface area contributed by atoms with E-state index in [4.69, 9.17) is 17.0 Å². The van der Waals surface area contributed by atoms with Gasteiger partial charge in [0.2, 0.25) is 0 Å². The molecule has 1 amide bonds. The molecule has 23 heavy (non-hydrogen) atoms. The number of hydrogen-bond donors (Lipinski definition) is 0. The van der Waals surface area contributed by atoms with E-state index in [9.17, 15) is 4.79 Å². The lowest BCUT2D eigenvalue weighted by Gasteiger charge is -2.13. The topological polar surface area (TPSA) is 42.4 Å². The SMILES string of the molecule is CCOc1cccc(C=C2SC(=S)N(c3cccnc3)C2=O)c1. The minimum absolute atomic E-state index is 0.130. The summed E-state index contributed by atoms with van der Waals surface area (Å²) in [5.74, 6) is 0.652. The van der Waals surface area contributed by atoms with Crippen molar-refractivity contribution in [1.82, 2.24) is 4.98 Å². The third kappa shape index (κ3) is 3.43. The Morgan fingerprint density at radius 2 is 2.22 bits per heavy atom. The fourth-order valence-electron chi connectivity index (χ4n) is 2.19. The fraction of sp³-hybridized carbons (Fsp3) is 0.118. The Balaban J connectivity index is 1.88. The molecule has 1 aromatic carbocycles. The first-order valence-electron chi connectivity index (χ1n) is 7.10. The number of nitrogens with zero attached hydrogens (tertiary/aromatic N) is 2. The number of rotatable bonds is 4. The van der Waals surface area contributed by atoms with Gasteiger partial charge in [0, 0.05) is 6.20 Å². The van der Waals surface area contributed by atoms with Gasteiger partial charge in [0.25, 0.3) is 5.91 Å². The lowest BCUT2D eigenvalue weighted by molar-refractivity contribution is -0.113. The molecule has 0 aliphatic carbocycles. The van der Waals surface area contributed by atoms with Crippen LogP contribution < -0.4 is 9.64 Å². The molecule has 1 fully saturated rings. The van der Waals surface area contributed by atoms with E-state index in [1.165, 1.54) is 16.7 Å². The second-order valence-electron chi connectivity index (χ2n) is 4.73. The van der Waals surface area contributed by atoms with Gasteiger partial charge in [-0.15, -0.1) is 0 Å². The Hall–Kier alpha value is -2.18. The number of hydrogen-bond acceptors (Lipinski definition) is 5. The highest BCUT2D eigenvalue weighted by Gasteiger charge is 2.33. The Labute approximate surface area is 144 Å². The molecule has 1 saturated heterocycles. The molecule has 0 unspecified atom stereocenters. The number of amides is 1. The third-order valence-electron chi connectivity index (χ3n) is 3.16. The summed E-state index contributed by atoms with van der Waals surface area (Å²) in [5.41, 5.74) is 1.59. The molecule has 2 heterocycles. The zero-order valence-corrected chi connectivity index (χ0v) is 14.1. The molecular formula is C17H14N2O2S2. The molecule has 116 valence electrons. The molecule has 1 aromatic heterocycles. The van der Waals surface area contributed by atoms with E-state index in [1.807, 2.05) is 43.3 Å². The van der Waals surface area contributed by atoms with Gasteiger partial charge >= 0.3 is 0 Å². The summed E-state index contributed by atoms with van der Waals surface area (Å²) in [5, 5.41) is 0. The van der Waals surface area contributed by atoms with Crippen molar-refractivity contribution in [2.24, 2.45) is 0 Å². The van der Waals surface area contributed by atoms with E-state index < -0.39 is 0 Å². The molecular weight excluding hydrogens is 328 g/mol. The smallest absolute Gasteiger partial charge is 0.270 e. The Morgan fingerprint density at radius 1 is 1.35 bits per heavy atom. The molecule has 0 bridgehead atoms. The summed E-state index contributed by atoms with van der Waals surface area (Å²) in [6.45, 7) is 2.54. The first kappa shape index (κ1) is 15.7. The van der Waals surface area contributed by atoms with Crippen LogP contribution in [0.2, 0.25) is 0 Å². The van der Waals surface area contributed by atoms with Crippen LogP contribution in [0, 0.1) is 0 Å². The highest BCUT2D eigenvalue weighted by molar-refractivity contribution is 8.27. The van der Waals surface area contributed by atoms with E-state index >= 15 is 0 Å². The van der Waals surface area contributed by atoms with E-state index in [-0.39, 0.29) is 5.91 Å². The van der Waals surface area contributed by atoms with Crippen molar-refractivity contribution in [3.63, 3.8) is 0 Å². The van der Waals surface area contributed by atoms with Crippen molar-refractivity contribution >= 4 is 46.0 Å². The molecule has 0 N–H and O–H groups in total. The highest BCUT2D eigenvalue weighted by Crippen LogP contribution is 2.35. The van der Waals surface area contributed by atoms with Crippen LogP contribution in [0.1, 0.15) is 12.5 Å². The van der Waals surface area contributed by atoms with Crippen LogP contribution in [0.4, 0.5) is 5.69 Å². The largest absolute Gasteiger partial charge is 0.494 e. The summed E-state index contributed by atoms with van der Waals surface area (Å²) >= 11 is 6.63. The van der Waals surface area contributed by atoms with E-state index in [1.54, 1.807) is 18.5 Å². The second-order valence-corrected chi connectivity index (χ2v) is 6.41. The molecule has 3 rings (SSSR count). The van der Waals surface area contributed by atoms with Crippen molar-refractivity contribution in [3.05, 3.63) is 59.3 Å². The highest BCUT2D eigenvalue weighted by atomic mass is 32.2. The molecule has 0 spiro atoms. The van der Waals surface area contributed by atoms with Crippen LogP contribution in [0.15, 0.2) is 53.7 Å². The van der Waals surface area contributed by atoms with Crippen LogP contribution in [-0.4, -0.2) is 21.8 Å². The standard InChI is InChI=1S/C17H14N2O2S2/c1-2-21-14-7-3-5-12(9-14)10-15-16(20)19(17(22)23-15)13-6-4-8-18-11-13/h3-11H,2H2,1H3. The van der Waals surface area contributed by atoms with E-state index in [2.05, 4.69) is 4.98 Å². The lowest BCUT2D eigenvalue weighted by Crippen LogP contribution is -2.27. The number of benzene rings is 1. The molecule has 1 aliphatic heterocycles. The van der Waals surface area contributed by atoms with Gasteiger partial charge in [0.15, 0.2) is 4.32 Å². The van der Waals surface area contributed by atoms with Gasteiger partial charge < -0.3 is 4.74 Å². The van der Waals surface area contributed by atoms with Crippen LogP contribution >= 0.6 is 24.0 Å². The Bertz CT molecular complexity index is 775. The van der Waals surface area contributed by atoms with Gasteiger partial charge in [0.1, 0.15) is 5.75 Å². The number of pyridine rings is 1. The van der Waals surface area contributed by atoms with Crippen molar-refractivity contribution in [1.29, 1.82) is 0 Å². The Morgan fingerprint density at radius 3 is 2.96 bits per heavy atom. The summed E-state index contributed by atoms with van der Waals surface area (Å²) in [6, 6.07) is 11.2. The van der Waals surface area contributed by atoms with Gasteiger partial charge in [0.05, 0.1) is 23.4 Å². The number of carbonyl (C=O) groups excluding carboxylic acids is 1. The summed E-state index contributed by atoms with van der Waals surface area (Å²) in [6.07, 6.45) is 5.12. The predicted octanol–water partition coefficient (Wildman–Crippen LogP) is 3.89. The molecule has 6 heteroatoms. The number of anilines is 1. The molecule has 4 nitrogen and oxygen atoms in total. The quantitative estimate of drug-likeness (QED) is 0.623. The lowest BCUT2D eigenvalue weighted by atomic mass is 10.2. The van der Waals surface area contributed by atoms with E-state index in [0.717, 1.165) is 11.3 Å². The van der Waals surface area contributed by atoms with Crippen LogP contribution in [-0.2, 0) is 4.79 Å². The van der Waals surface area contributed by atoms with Crippen LogP contribution in [0.3, 0.4) is 0 Å². The van der Waals surface area contributed by atoms with Gasteiger partial charge in [-0.05, 0) is 42.8 Å². The number of aromatic nitrogens is 1. The maximum absolute atomic E-state index is 12.6. The average molecular weight is 342 g/mol. The summed E-state index contributed by atoms with van der Waals surface area (Å²) < 4.78 is 5.99. The van der Waals surface area contributed by atoms with E-state index in [0.29, 0.717) is 21.5 Å². The average Bonchev–Trinajstić information content (AvgIpc) is 2.83. The summed E-state index contributed by atoms with van der Waals surface area (Å²) in [4.78, 5) is 18.8. The second kappa shape index (κ2) is 6.93. The summed E-state index contributed by atoms with van der Waals surface area (Å²) in [7, 11) is 0.